The fourth-order valence-electron chi connectivity index (χ4n) is 9.19. The highest BCUT2D eigenvalue weighted by molar-refractivity contribution is 7.89. The first-order chi connectivity index (χ1) is 36.9. The van der Waals surface area contributed by atoms with Crippen LogP contribution in [0.3, 0.4) is 0 Å². The second-order valence-electron chi connectivity index (χ2n) is 20.2. The van der Waals surface area contributed by atoms with E-state index in [4.69, 9.17) is 0 Å². The van der Waals surface area contributed by atoms with Crippen molar-refractivity contribution in [3.63, 3.8) is 0 Å². The summed E-state index contributed by atoms with van der Waals surface area (Å²) in [6, 6.07) is 16.7. The Hall–Kier alpha value is -6.50. The number of aromatic hydroxyl groups is 2. The molecule has 0 aliphatic carbocycles. The molecule has 0 bridgehead atoms. The van der Waals surface area contributed by atoms with Gasteiger partial charge in [-0.3, -0.25) is 24.4 Å². The first-order valence-corrected chi connectivity index (χ1v) is 29.4. The van der Waals surface area contributed by atoms with Gasteiger partial charge in [0.05, 0.1) is 16.3 Å². The van der Waals surface area contributed by atoms with E-state index >= 15 is 0 Å². The molecular weight excluding hydrogens is 993 g/mol. The lowest BCUT2D eigenvalue weighted by molar-refractivity contribution is 0.0685. The normalized spacial score (nSPS) is 13.2. The van der Waals surface area contributed by atoms with Crippen LogP contribution in [0.25, 0.3) is 0 Å². The minimum atomic E-state index is -3.73. The molecule has 420 valence electrons. The molecular formula is C59H86N10O7S. The lowest BCUT2D eigenvalue weighted by atomic mass is 9.95. The van der Waals surface area contributed by atoms with E-state index in [1.165, 1.54) is 38.8 Å². The average Bonchev–Trinajstić information content (AvgIpc) is 3.42. The van der Waals surface area contributed by atoms with E-state index in [1.54, 1.807) is 40.7 Å². The molecule has 0 fully saturated rings. The first kappa shape index (κ1) is 64.8. The Morgan fingerprint density at radius 3 is 1.22 bits per heavy atom. The first-order valence-electron chi connectivity index (χ1n) is 28.0. The number of aromatic nitrogens is 2. The molecule has 4 N–H and O–H groups in total. The van der Waals surface area contributed by atoms with Crippen LogP contribution in [0.5, 0.6) is 11.8 Å². The van der Waals surface area contributed by atoms with Gasteiger partial charge in [0.1, 0.15) is 23.3 Å². The summed E-state index contributed by atoms with van der Waals surface area (Å²) in [5.74, 6) is 0.617. The van der Waals surface area contributed by atoms with Gasteiger partial charge in [-0.05, 0) is 112 Å². The predicted molar refractivity (Wildman–Crippen MR) is 305 cm³/mol. The monoisotopic (exact) mass is 1080 g/mol. The summed E-state index contributed by atoms with van der Waals surface area (Å²) in [7, 11) is -3.73. The number of amides is 1. The van der Waals surface area contributed by atoms with Crippen molar-refractivity contribution in [2.24, 2.45) is 44.1 Å². The molecule has 77 heavy (non-hydrogen) atoms. The molecule has 4 unspecified atom stereocenters. The third-order valence-electron chi connectivity index (χ3n) is 14.5. The highest BCUT2D eigenvalue weighted by atomic mass is 32.2. The minimum Gasteiger partial charge on any atom is -0.494 e. The van der Waals surface area contributed by atoms with Crippen molar-refractivity contribution >= 4 is 38.7 Å². The zero-order valence-electron chi connectivity index (χ0n) is 47.5. The van der Waals surface area contributed by atoms with E-state index in [1.807, 2.05) is 17.0 Å². The number of carbonyl (C=O) groups excluding carboxylic acids is 1. The van der Waals surface area contributed by atoms with Crippen LogP contribution >= 0.6 is 0 Å². The molecule has 0 saturated heterocycles. The summed E-state index contributed by atoms with van der Waals surface area (Å²) in [5.41, 5.74) is 0.316. The maximum Gasteiger partial charge on any atom is 0.278 e. The Kier molecular flexibility index (Phi) is 28.3. The average molecular weight is 1080 g/mol. The van der Waals surface area contributed by atoms with Crippen LogP contribution in [-0.4, -0.2) is 69.9 Å². The van der Waals surface area contributed by atoms with Gasteiger partial charge in [0.25, 0.3) is 17.0 Å². The number of nitrogens with one attached hydrogen (secondary N) is 2. The summed E-state index contributed by atoms with van der Waals surface area (Å²) in [6.45, 7) is 23.0. The van der Waals surface area contributed by atoms with Crippen LogP contribution in [0, 0.1) is 60.2 Å². The topological polar surface area (TPSA) is 261 Å². The third-order valence-corrected chi connectivity index (χ3v) is 16.4. The largest absolute Gasteiger partial charge is 0.494 e. The highest BCUT2D eigenvalue weighted by Crippen LogP contribution is 2.30. The van der Waals surface area contributed by atoms with Gasteiger partial charge in [-0.1, -0.05) is 132 Å². The fourth-order valence-corrected chi connectivity index (χ4v) is 10.8. The van der Waals surface area contributed by atoms with Crippen LogP contribution in [-0.2, 0) is 10.0 Å². The Morgan fingerprint density at radius 1 is 0.558 bits per heavy atom. The number of unbranched alkanes of at least 4 members (excludes halogenated alkanes) is 4. The van der Waals surface area contributed by atoms with Gasteiger partial charge in [-0.2, -0.15) is 25.1 Å². The van der Waals surface area contributed by atoms with Crippen LogP contribution in [0.15, 0.2) is 83.5 Å². The smallest absolute Gasteiger partial charge is 0.278 e. The number of nitriles is 2. The van der Waals surface area contributed by atoms with Gasteiger partial charge >= 0.3 is 0 Å². The molecule has 0 aliphatic heterocycles. The van der Waals surface area contributed by atoms with Gasteiger partial charge in [-0.25, -0.2) is 8.42 Å². The van der Waals surface area contributed by atoms with Crippen molar-refractivity contribution < 1.29 is 23.4 Å². The summed E-state index contributed by atoms with van der Waals surface area (Å²) in [4.78, 5) is 44.7. The van der Waals surface area contributed by atoms with E-state index in [0.717, 1.165) is 103 Å². The lowest BCUT2D eigenvalue weighted by Gasteiger charge is -2.31. The van der Waals surface area contributed by atoms with Gasteiger partial charge in [0.2, 0.25) is 21.8 Å². The van der Waals surface area contributed by atoms with Crippen LogP contribution < -0.4 is 11.1 Å². The molecule has 4 atom stereocenters. The highest BCUT2D eigenvalue weighted by Gasteiger charge is 2.29. The minimum absolute atomic E-state index is 0.0304. The molecule has 4 aromatic rings. The number of H-pyrrole nitrogens is 2. The number of azo groups is 2. The molecule has 2 aromatic heterocycles. The number of rotatable bonds is 31. The van der Waals surface area contributed by atoms with Crippen LogP contribution in [0.4, 0.5) is 22.7 Å². The van der Waals surface area contributed by atoms with Gasteiger partial charge < -0.3 is 15.1 Å². The SMILES string of the molecule is CCCCC(CC)CN(CC(CC)CCCC)C(=O)c1ccc(N=Nc2c(C)c(C#N)c(O)[nH]c2=O)cc1.CCCCC(CC)CN(CC(CC)CCCC)S(=O)(=O)c1ccc(N=Nc2c(C)c(C#N)c(O)[nH]c2=O)cc1. The third kappa shape index (κ3) is 19.5. The maximum atomic E-state index is 13.8. The molecule has 0 saturated carbocycles. The summed E-state index contributed by atoms with van der Waals surface area (Å²) in [5, 5.41) is 54.1. The number of sulfonamides is 1. The van der Waals surface area contributed by atoms with Crippen molar-refractivity contribution in [2.45, 2.75) is 177 Å². The number of pyridine rings is 2. The van der Waals surface area contributed by atoms with Crippen molar-refractivity contribution in [2.75, 3.05) is 26.2 Å². The van der Waals surface area contributed by atoms with E-state index in [0.29, 0.717) is 53.7 Å². The lowest BCUT2D eigenvalue weighted by Crippen LogP contribution is -2.39. The number of benzene rings is 2. The fraction of sp³-hybridized carbons (Fsp3) is 0.576. The van der Waals surface area contributed by atoms with E-state index in [-0.39, 0.29) is 44.4 Å². The van der Waals surface area contributed by atoms with Crippen molar-refractivity contribution in [1.29, 1.82) is 10.5 Å². The van der Waals surface area contributed by atoms with Crippen LogP contribution in [0.1, 0.15) is 191 Å². The van der Waals surface area contributed by atoms with Crippen molar-refractivity contribution in [3.8, 4) is 23.9 Å². The molecule has 2 aromatic carbocycles. The molecule has 0 aliphatic rings. The van der Waals surface area contributed by atoms with Gasteiger partial charge in [0.15, 0.2) is 11.4 Å². The Balaban J connectivity index is 0.000000405. The van der Waals surface area contributed by atoms with E-state index in [2.05, 4.69) is 85.8 Å². The standard InChI is InChI=1S/C30H43N5O3.C29H43N5O4S/c1-6-10-12-22(8-3)19-35(20-23(9-4)13-11-7-2)30(38)24-14-16-25(17-15-24)33-34-27-21(5)26(18-31)28(36)32-29(27)37;1-6-10-12-22(8-3)19-34(20-23(9-4)13-11-7-2)39(37,38)25-16-14-24(15-17-25)32-33-27-21(5)26(18-30)28(35)31-29(27)36/h14-17,22-23H,6-13,19-20H2,1-5H3,(H2,32,36,37);14-17,22-23H,6-13,19-20H2,1-5H3,(H2,31,35,36). The van der Waals surface area contributed by atoms with E-state index in [9.17, 15) is 43.5 Å². The molecule has 0 radical (unpaired) electrons. The Labute approximate surface area is 458 Å². The molecule has 4 rings (SSSR count). The molecule has 2 heterocycles. The Morgan fingerprint density at radius 2 is 0.896 bits per heavy atom. The summed E-state index contributed by atoms with van der Waals surface area (Å²) < 4.78 is 29.4. The Bertz CT molecular complexity index is 2810. The zero-order chi connectivity index (χ0) is 57.1. The predicted octanol–water partition coefficient (Wildman–Crippen LogP) is 14.7. The second kappa shape index (κ2) is 33.6. The number of hydrogen-bond donors (Lipinski definition) is 4. The zero-order valence-corrected chi connectivity index (χ0v) is 48.3. The van der Waals surface area contributed by atoms with Crippen molar-refractivity contribution in [3.05, 3.63) is 97.1 Å². The molecule has 17 nitrogen and oxygen atoms in total. The summed E-state index contributed by atoms with van der Waals surface area (Å²) >= 11 is 0. The number of hydrogen-bond acceptors (Lipinski definition) is 13. The molecule has 0 spiro atoms. The van der Waals surface area contributed by atoms with Gasteiger partial charge in [0, 0.05) is 42.9 Å². The quantitative estimate of drug-likeness (QED) is 0.0349. The molecule has 1 amide bonds. The van der Waals surface area contributed by atoms with Crippen molar-refractivity contribution in [1.82, 2.24) is 19.2 Å². The summed E-state index contributed by atoms with van der Waals surface area (Å²) in [6.07, 6.45) is 17.2. The maximum absolute atomic E-state index is 13.8. The second-order valence-corrected chi connectivity index (χ2v) is 22.1. The van der Waals surface area contributed by atoms with Gasteiger partial charge in [-0.15, -0.1) is 10.2 Å². The number of nitrogens with zero attached hydrogens (tertiary/aromatic N) is 8. The number of aromatic amines is 2. The van der Waals surface area contributed by atoms with Crippen LogP contribution in [0.2, 0.25) is 0 Å². The number of carbonyl (C=O) groups is 1. The molecule has 18 heteroatoms. The van der Waals surface area contributed by atoms with E-state index < -0.39 is 32.9 Å².